The van der Waals surface area contributed by atoms with Gasteiger partial charge in [0, 0.05) is 0 Å². The predicted molar refractivity (Wildman–Crippen MR) is 115 cm³/mol. The summed E-state index contributed by atoms with van der Waals surface area (Å²) >= 11 is 0. The van der Waals surface area contributed by atoms with Crippen LogP contribution in [0.4, 0.5) is 0 Å². The van der Waals surface area contributed by atoms with Crippen LogP contribution in [-0.2, 0) is 6.54 Å². The van der Waals surface area contributed by atoms with Gasteiger partial charge in [0.1, 0.15) is 12.4 Å². The minimum atomic E-state index is 0.605. The van der Waals surface area contributed by atoms with Crippen LogP contribution in [0, 0.1) is 0 Å². The fourth-order valence-corrected chi connectivity index (χ4v) is 4.26. The van der Waals surface area contributed by atoms with Crippen LogP contribution in [0.5, 0.6) is 5.75 Å². The lowest BCUT2D eigenvalue weighted by atomic mass is 9.94. The minimum Gasteiger partial charge on any atom is -0.492 e. The molecule has 28 heavy (non-hydrogen) atoms. The third-order valence-corrected chi connectivity index (χ3v) is 5.56. The van der Waals surface area contributed by atoms with Crippen molar-refractivity contribution in [1.82, 2.24) is 9.55 Å². The SMILES string of the molecule is c1cc2ccc3cc(OCCn4cnc5ccccc54)cc4ccc(c1)c2c34. The van der Waals surface area contributed by atoms with Gasteiger partial charge in [-0.15, -0.1) is 0 Å². The molecule has 0 aliphatic carbocycles. The zero-order valence-corrected chi connectivity index (χ0v) is 15.3. The Morgan fingerprint density at radius 1 is 0.714 bits per heavy atom. The molecule has 0 amide bonds. The number of nitrogens with zero attached hydrogens (tertiary/aromatic N) is 2. The van der Waals surface area contributed by atoms with E-state index in [4.69, 9.17) is 4.74 Å². The molecule has 0 saturated carbocycles. The summed E-state index contributed by atoms with van der Waals surface area (Å²) in [6.45, 7) is 1.37. The second-order valence-corrected chi connectivity index (χ2v) is 7.23. The zero-order valence-electron chi connectivity index (χ0n) is 15.3. The van der Waals surface area contributed by atoms with Crippen molar-refractivity contribution in [3.63, 3.8) is 0 Å². The van der Waals surface area contributed by atoms with Crippen molar-refractivity contribution in [2.45, 2.75) is 6.54 Å². The summed E-state index contributed by atoms with van der Waals surface area (Å²) in [4.78, 5) is 4.45. The molecule has 0 unspecified atom stereocenters. The maximum absolute atomic E-state index is 6.13. The van der Waals surface area contributed by atoms with Gasteiger partial charge in [0.2, 0.25) is 0 Å². The van der Waals surface area contributed by atoms with Crippen molar-refractivity contribution < 1.29 is 4.74 Å². The molecule has 6 aromatic rings. The van der Waals surface area contributed by atoms with Crippen molar-refractivity contribution >= 4 is 43.4 Å². The molecule has 0 bridgehead atoms. The summed E-state index contributed by atoms with van der Waals surface area (Å²) in [6.07, 6.45) is 1.88. The number of benzene rings is 5. The predicted octanol–water partition coefficient (Wildman–Crippen LogP) is 6.01. The Morgan fingerprint density at radius 2 is 1.39 bits per heavy atom. The Morgan fingerprint density at radius 3 is 2.18 bits per heavy atom. The van der Waals surface area contributed by atoms with Crippen LogP contribution in [0.2, 0.25) is 0 Å². The lowest BCUT2D eigenvalue weighted by Crippen LogP contribution is -2.07. The van der Waals surface area contributed by atoms with Crippen molar-refractivity contribution in [1.29, 1.82) is 0 Å². The summed E-state index contributed by atoms with van der Waals surface area (Å²) in [5.41, 5.74) is 2.16. The molecule has 0 radical (unpaired) electrons. The van der Waals surface area contributed by atoms with E-state index in [0.29, 0.717) is 6.61 Å². The second kappa shape index (κ2) is 5.96. The molecule has 1 heterocycles. The van der Waals surface area contributed by atoms with E-state index in [1.165, 1.54) is 32.3 Å². The monoisotopic (exact) mass is 362 g/mol. The van der Waals surface area contributed by atoms with Crippen LogP contribution >= 0.6 is 0 Å². The quantitative estimate of drug-likeness (QED) is 0.359. The molecule has 0 aliphatic heterocycles. The number of ether oxygens (including phenoxy) is 1. The number of para-hydroxylation sites is 2. The highest BCUT2D eigenvalue weighted by Gasteiger charge is 2.09. The van der Waals surface area contributed by atoms with Crippen LogP contribution in [0.1, 0.15) is 0 Å². The van der Waals surface area contributed by atoms with E-state index in [0.717, 1.165) is 23.3 Å². The van der Waals surface area contributed by atoms with E-state index in [9.17, 15) is 0 Å². The first kappa shape index (κ1) is 15.5. The molecule has 0 fully saturated rings. The van der Waals surface area contributed by atoms with Crippen LogP contribution in [0.25, 0.3) is 43.4 Å². The minimum absolute atomic E-state index is 0.605. The third kappa shape index (κ3) is 2.33. The molecule has 0 N–H and O–H groups in total. The highest BCUT2D eigenvalue weighted by molar-refractivity contribution is 6.23. The molecular weight excluding hydrogens is 344 g/mol. The van der Waals surface area contributed by atoms with Gasteiger partial charge < -0.3 is 9.30 Å². The molecule has 134 valence electrons. The van der Waals surface area contributed by atoms with E-state index < -0.39 is 0 Å². The molecule has 0 atom stereocenters. The summed E-state index contributed by atoms with van der Waals surface area (Å²) in [5.74, 6) is 0.912. The molecule has 5 aromatic carbocycles. The van der Waals surface area contributed by atoms with Crippen LogP contribution in [0.15, 0.2) is 85.2 Å². The Kier molecular flexibility index (Phi) is 3.29. The smallest absolute Gasteiger partial charge is 0.120 e. The van der Waals surface area contributed by atoms with Crippen molar-refractivity contribution in [3.8, 4) is 5.75 Å². The molecule has 3 heteroatoms. The van der Waals surface area contributed by atoms with E-state index in [-0.39, 0.29) is 0 Å². The average Bonchev–Trinajstić information content (AvgIpc) is 3.15. The van der Waals surface area contributed by atoms with Gasteiger partial charge in [0.15, 0.2) is 0 Å². The Labute approximate surface area is 162 Å². The Balaban J connectivity index is 1.33. The van der Waals surface area contributed by atoms with Gasteiger partial charge in [-0.1, -0.05) is 54.6 Å². The van der Waals surface area contributed by atoms with Crippen LogP contribution in [-0.4, -0.2) is 16.2 Å². The maximum Gasteiger partial charge on any atom is 0.120 e. The molecular formula is C25H18N2O. The molecule has 0 aliphatic rings. The molecule has 0 spiro atoms. The average molecular weight is 362 g/mol. The fourth-order valence-electron chi connectivity index (χ4n) is 4.26. The van der Waals surface area contributed by atoms with Gasteiger partial charge in [-0.25, -0.2) is 4.98 Å². The lowest BCUT2D eigenvalue weighted by molar-refractivity contribution is 0.301. The number of aromatic nitrogens is 2. The van der Waals surface area contributed by atoms with E-state index in [1.54, 1.807) is 0 Å². The number of hydrogen-bond acceptors (Lipinski definition) is 2. The van der Waals surface area contributed by atoms with Gasteiger partial charge in [-0.2, -0.15) is 0 Å². The maximum atomic E-state index is 6.13. The molecule has 0 saturated heterocycles. The number of fused-ring (bicyclic) bond motifs is 1. The molecule has 1 aromatic heterocycles. The first-order chi connectivity index (χ1) is 13.9. The number of rotatable bonds is 4. The van der Waals surface area contributed by atoms with Gasteiger partial charge >= 0.3 is 0 Å². The first-order valence-electron chi connectivity index (χ1n) is 9.57. The largest absolute Gasteiger partial charge is 0.492 e. The van der Waals surface area contributed by atoms with Crippen molar-refractivity contribution in [2.75, 3.05) is 6.61 Å². The number of imidazole rings is 1. The van der Waals surface area contributed by atoms with Gasteiger partial charge in [-0.05, 0) is 56.6 Å². The summed E-state index contributed by atoms with van der Waals surface area (Å²) in [6, 6.07) is 27.8. The Hall–Kier alpha value is -3.59. The zero-order chi connectivity index (χ0) is 18.5. The van der Waals surface area contributed by atoms with E-state index in [1.807, 2.05) is 24.5 Å². The molecule has 3 nitrogen and oxygen atoms in total. The van der Waals surface area contributed by atoms with Crippen molar-refractivity contribution in [3.05, 3.63) is 85.2 Å². The normalized spacial score (nSPS) is 11.9. The van der Waals surface area contributed by atoms with E-state index >= 15 is 0 Å². The Bertz CT molecular complexity index is 1380. The van der Waals surface area contributed by atoms with Crippen LogP contribution in [0.3, 0.4) is 0 Å². The van der Waals surface area contributed by atoms with Gasteiger partial charge in [0.25, 0.3) is 0 Å². The van der Waals surface area contributed by atoms with Crippen LogP contribution < -0.4 is 4.74 Å². The number of hydrogen-bond donors (Lipinski definition) is 0. The summed E-state index contributed by atoms with van der Waals surface area (Å²) in [7, 11) is 0. The van der Waals surface area contributed by atoms with E-state index in [2.05, 4.69) is 70.2 Å². The summed E-state index contributed by atoms with van der Waals surface area (Å²) < 4.78 is 8.27. The summed E-state index contributed by atoms with van der Waals surface area (Å²) in [5, 5.41) is 7.69. The molecule has 6 rings (SSSR count). The van der Waals surface area contributed by atoms with Gasteiger partial charge in [0.05, 0.1) is 23.9 Å². The topological polar surface area (TPSA) is 27.1 Å². The second-order valence-electron chi connectivity index (χ2n) is 7.23. The highest BCUT2D eigenvalue weighted by Crippen LogP contribution is 2.36. The van der Waals surface area contributed by atoms with Gasteiger partial charge in [-0.3, -0.25) is 0 Å². The fraction of sp³-hybridized carbons (Fsp3) is 0.0800. The standard InChI is InChI=1S/C25H18N2O/c1-2-7-23-22(6-1)26-16-27(23)12-13-28-21-14-19-10-8-17-4-3-5-18-9-11-20(15-21)25(19)24(17)18/h1-11,14-16H,12-13H2. The van der Waals surface area contributed by atoms with Crippen molar-refractivity contribution in [2.24, 2.45) is 0 Å². The highest BCUT2D eigenvalue weighted by atomic mass is 16.5. The first-order valence-corrected chi connectivity index (χ1v) is 9.57. The third-order valence-electron chi connectivity index (χ3n) is 5.56. The lowest BCUT2D eigenvalue weighted by Gasteiger charge is -2.13.